The van der Waals surface area contributed by atoms with Gasteiger partial charge < -0.3 is 19.9 Å². The second kappa shape index (κ2) is 13.1. The third kappa shape index (κ3) is 6.17. The lowest BCUT2D eigenvalue weighted by Crippen LogP contribution is -2.50. The van der Waals surface area contributed by atoms with E-state index in [2.05, 4.69) is 25.1 Å². The van der Waals surface area contributed by atoms with Crippen molar-refractivity contribution in [1.82, 2.24) is 29.1 Å². The fraction of sp³-hybridized carbons (Fsp3) is 0.355. The van der Waals surface area contributed by atoms with Gasteiger partial charge in [0.15, 0.2) is 29.6 Å². The lowest BCUT2D eigenvalue weighted by Gasteiger charge is -2.35. The minimum atomic E-state index is -1.19. The standard InChI is InChI=1S/C31H31ClF2N8O2/c32-24-19-21(3-4-22(24)31(43)41-16-14-40(15-17-41)13-12-39-9-1-2-10-39)38-29-30-37-20-25(42(30)11-8-36-29)23-5-6-26(44-18-7-35)28(34)27(23)33/h3-6,8,11,19-20H,1-2,9-10,12-18H2,(H,36,38). The molecule has 1 amide bonds. The van der Waals surface area contributed by atoms with Crippen LogP contribution in [0.15, 0.2) is 48.9 Å². The SMILES string of the molecule is N#CCOc1ccc(-c2cnc3c(Nc4ccc(C(=O)N5CCN(CCN6CCCC6)CC5)c(Cl)c4)nccn23)c(F)c1F. The molecule has 0 bridgehead atoms. The highest BCUT2D eigenvalue weighted by molar-refractivity contribution is 6.34. The molecule has 0 radical (unpaired) electrons. The monoisotopic (exact) mass is 620 g/mol. The number of nitrogens with one attached hydrogen (secondary N) is 1. The molecule has 2 aliphatic heterocycles. The Hall–Kier alpha value is -4.31. The molecule has 0 atom stereocenters. The highest BCUT2D eigenvalue weighted by atomic mass is 35.5. The van der Waals surface area contributed by atoms with Crippen LogP contribution in [0.25, 0.3) is 16.9 Å². The number of ether oxygens (including phenoxy) is 1. The number of carbonyl (C=O) groups is 1. The van der Waals surface area contributed by atoms with Crippen molar-refractivity contribution in [3.8, 4) is 23.1 Å². The zero-order chi connectivity index (χ0) is 30.6. The van der Waals surface area contributed by atoms with Crippen molar-refractivity contribution in [2.75, 3.05) is 64.3 Å². The van der Waals surface area contributed by atoms with Gasteiger partial charge in [-0.15, -0.1) is 0 Å². The summed E-state index contributed by atoms with van der Waals surface area (Å²) >= 11 is 6.59. The number of carbonyl (C=O) groups excluding carboxylic acids is 1. The van der Waals surface area contributed by atoms with E-state index in [-0.39, 0.29) is 17.2 Å². The van der Waals surface area contributed by atoms with Crippen LogP contribution in [0.4, 0.5) is 20.3 Å². The Morgan fingerprint density at radius 2 is 1.75 bits per heavy atom. The summed E-state index contributed by atoms with van der Waals surface area (Å²) in [6.07, 6.45) is 7.07. The van der Waals surface area contributed by atoms with E-state index in [9.17, 15) is 13.6 Å². The van der Waals surface area contributed by atoms with Crippen LogP contribution in [0.1, 0.15) is 23.2 Å². The maximum atomic E-state index is 15.0. The van der Waals surface area contributed by atoms with Crippen molar-refractivity contribution >= 4 is 34.7 Å². The molecular weight excluding hydrogens is 590 g/mol. The maximum Gasteiger partial charge on any atom is 0.255 e. The van der Waals surface area contributed by atoms with Crippen LogP contribution >= 0.6 is 11.6 Å². The molecule has 2 aliphatic rings. The van der Waals surface area contributed by atoms with Crippen LogP contribution in [0.3, 0.4) is 0 Å². The first kappa shape index (κ1) is 29.7. The summed E-state index contributed by atoms with van der Waals surface area (Å²) in [7, 11) is 0. The third-order valence-corrected chi connectivity index (χ3v) is 8.41. The largest absolute Gasteiger partial charge is 0.476 e. The van der Waals surface area contributed by atoms with E-state index < -0.39 is 18.2 Å². The van der Waals surface area contributed by atoms with Crippen molar-refractivity contribution in [1.29, 1.82) is 5.26 Å². The molecule has 228 valence electrons. The van der Waals surface area contributed by atoms with Gasteiger partial charge in [-0.3, -0.25) is 14.1 Å². The number of amides is 1. The molecule has 10 nitrogen and oxygen atoms in total. The van der Waals surface area contributed by atoms with E-state index in [0.29, 0.717) is 46.5 Å². The average molecular weight is 621 g/mol. The number of halogens is 3. The number of anilines is 2. The smallest absolute Gasteiger partial charge is 0.255 e. The van der Waals surface area contributed by atoms with E-state index in [1.807, 2.05) is 4.90 Å². The fourth-order valence-electron chi connectivity index (χ4n) is 5.69. The van der Waals surface area contributed by atoms with Gasteiger partial charge in [-0.25, -0.2) is 14.4 Å². The zero-order valence-corrected chi connectivity index (χ0v) is 24.7. The molecule has 2 fully saturated rings. The van der Waals surface area contributed by atoms with E-state index in [0.717, 1.165) is 26.2 Å². The highest BCUT2D eigenvalue weighted by Gasteiger charge is 2.25. The number of imidazole rings is 1. The van der Waals surface area contributed by atoms with Gasteiger partial charge >= 0.3 is 0 Å². The maximum absolute atomic E-state index is 15.0. The Bertz CT molecular complexity index is 1710. The van der Waals surface area contributed by atoms with Crippen LogP contribution in [-0.4, -0.2) is 93.9 Å². The summed E-state index contributed by atoms with van der Waals surface area (Å²) in [6.45, 7) is 7.08. The lowest BCUT2D eigenvalue weighted by molar-refractivity contribution is 0.0627. The van der Waals surface area contributed by atoms with Crippen molar-refractivity contribution < 1.29 is 18.3 Å². The van der Waals surface area contributed by atoms with Crippen LogP contribution in [0, 0.1) is 23.0 Å². The minimum absolute atomic E-state index is 0.0326. The number of aromatic nitrogens is 3. The molecule has 0 unspecified atom stereocenters. The molecule has 2 saturated heterocycles. The number of nitriles is 1. The number of fused-ring (bicyclic) bond motifs is 1. The molecule has 2 aromatic carbocycles. The first-order chi connectivity index (χ1) is 21.4. The summed E-state index contributed by atoms with van der Waals surface area (Å²) in [4.78, 5) is 28.8. The van der Waals surface area contributed by atoms with Gasteiger partial charge in [0, 0.05) is 62.9 Å². The molecule has 4 heterocycles. The molecule has 1 N–H and O–H groups in total. The summed E-state index contributed by atoms with van der Waals surface area (Å²) in [6, 6.07) is 9.46. The Labute approximate surface area is 258 Å². The number of likely N-dealkylation sites (tertiary alicyclic amines) is 1. The summed E-state index contributed by atoms with van der Waals surface area (Å²) in [5.74, 6) is -2.40. The van der Waals surface area contributed by atoms with Crippen LogP contribution in [-0.2, 0) is 0 Å². The van der Waals surface area contributed by atoms with Gasteiger partial charge in [-0.05, 0) is 56.3 Å². The van der Waals surface area contributed by atoms with Crippen molar-refractivity contribution in [2.45, 2.75) is 12.8 Å². The number of nitrogens with zero attached hydrogens (tertiary/aromatic N) is 7. The Morgan fingerprint density at radius 1 is 1.00 bits per heavy atom. The molecule has 0 spiro atoms. The normalized spacial score (nSPS) is 15.9. The predicted molar refractivity (Wildman–Crippen MR) is 162 cm³/mol. The van der Waals surface area contributed by atoms with Crippen LogP contribution in [0.5, 0.6) is 5.75 Å². The van der Waals surface area contributed by atoms with Crippen molar-refractivity contribution in [2.24, 2.45) is 0 Å². The second-order valence-corrected chi connectivity index (χ2v) is 11.2. The van der Waals surface area contributed by atoms with Gasteiger partial charge in [0.1, 0.15) is 6.07 Å². The number of piperazine rings is 1. The van der Waals surface area contributed by atoms with Crippen LogP contribution < -0.4 is 10.1 Å². The number of rotatable bonds is 9. The van der Waals surface area contributed by atoms with Gasteiger partial charge in [0.25, 0.3) is 5.91 Å². The Kier molecular flexibility index (Phi) is 8.88. The molecule has 6 rings (SSSR count). The zero-order valence-electron chi connectivity index (χ0n) is 24.0. The Balaban J connectivity index is 1.13. The van der Waals surface area contributed by atoms with E-state index in [4.69, 9.17) is 21.6 Å². The molecule has 44 heavy (non-hydrogen) atoms. The van der Waals surface area contributed by atoms with E-state index in [1.165, 1.54) is 50.5 Å². The predicted octanol–water partition coefficient (Wildman–Crippen LogP) is 4.83. The summed E-state index contributed by atoms with van der Waals surface area (Å²) < 4.78 is 36.1. The average Bonchev–Trinajstić information content (AvgIpc) is 3.72. The van der Waals surface area contributed by atoms with E-state index >= 15 is 0 Å². The fourth-order valence-corrected chi connectivity index (χ4v) is 5.96. The van der Waals surface area contributed by atoms with Gasteiger partial charge in [0.2, 0.25) is 5.82 Å². The highest BCUT2D eigenvalue weighted by Crippen LogP contribution is 2.32. The Morgan fingerprint density at radius 3 is 2.48 bits per heavy atom. The second-order valence-electron chi connectivity index (χ2n) is 10.8. The van der Waals surface area contributed by atoms with Crippen LogP contribution in [0.2, 0.25) is 5.02 Å². The molecule has 0 aliphatic carbocycles. The first-order valence-electron chi connectivity index (χ1n) is 14.5. The third-order valence-electron chi connectivity index (χ3n) is 8.10. The van der Waals surface area contributed by atoms with Crippen molar-refractivity contribution in [3.63, 3.8) is 0 Å². The minimum Gasteiger partial charge on any atom is -0.476 e. The molecular formula is C31H31ClF2N8O2. The lowest BCUT2D eigenvalue weighted by atomic mass is 10.1. The summed E-state index contributed by atoms with van der Waals surface area (Å²) in [5, 5.41) is 12.1. The van der Waals surface area contributed by atoms with Crippen molar-refractivity contribution in [3.05, 3.63) is 71.1 Å². The number of hydrogen-bond donors (Lipinski definition) is 1. The molecule has 13 heteroatoms. The summed E-state index contributed by atoms with van der Waals surface area (Å²) in [5.41, 5.74) is 1.64. The quantitative estimate of drug-likeness (QED) is 0.284. The van der Waals surface area contributed by atoms with Gasteiger partial charge in [0.05, 0.1) is 22.5 Å². The molecule has 4 aromatic rings. The van der Waals surface area contributed by atoms with E-state index in [1.54, 1.807) is 34.9 Å². The molecule has 0 saturated carbocycles. The number of benzene rings is 2. The topological polar surface area (TPSA) is 102 Å². The van der Waals surface area contributed by atoms with Gasteiger partial charge in [-0.1, -0.05) is 11.6 Å². The van der Waals surface area contributed by atoms with Gasteiger partial charge in [-0.2, -0.15) is 9.65 Å². The first-order valence-corrected chi connectivity index (χ1v) is 14.9. The number of hydrogen-bond acceptors (Lipinski definition) is 8. The molecule has 2 aromatic heterocycles.